The maximum Gasteiger partial charge on any atom is 0.237 e. The molecule has 0 saturated heterocycles. The first-order valence-electron chi connectivity index (χ1n) is 4.50. The highest BCUT2D eigenvalue weighted by Gasteiger charge is 2.24. The van der Waals surface area contributed by atoms with Crippen molar-refractivity contribution in [3.05, 3.63) is 23.1 Å². The van der Waals surface area contributed by atoms with Crippen LogP contribution in [0.2, 0.25) is 0 Å². The van der Waals surface area contributed by atoms with Gasteiger partial charge >= 0.3 is 0 Å². The first kappa shape index (κ1) is 11.4. The van der Waals surface area contributed by atoms with Gasteiger partial charge in [0.05, 0.1) is 4.91 Å². The Bertz CT molecular complexity index is 370. The van der Waals surface area contributed by atoms with E-state index in [4.69, 9.17) is 10.9 Å². The fourth-order valence-electron chi connectivity index (χ4n) is 1.48. The van der Waals surface area contributed by atoms with E-state index in [1.54, 1.807) is 12.2 Å². The highest BCUT2D eigenvalue weighted by Crippen LogP contribution is 2.32. The quantitative estimate of drug-likeness (QED) is 0.719. The SMILES string of the molecule is CC1(CCN)C=CC(S(N)(=O)=O)=CC1. The first-order chi connectivity index (χ1) is 6.37. The van der Waals surface area contributed by atoms with Gasteiger partial charge in [-0.2, -0.15) is 0 Å². The summed E-state index contributed by atoms with van der Waals surface area (Å²) in [4.78, 5) is 0.201. The highest BCUT2D eigenvalue weighted by molar-refractivity contribution is 7.93. The molecule has 0 radical (unpaired) electrons. The van der Waals surface area contributed by atoms with E-state index < -0.39 is 10.0 Å². The van der Waals surface area contributed by atoms with E-state index in [2.05, 4.69) is 0 Å². The fourth-order valence-corrected chi connectivity index (χ4v) is 2.05. The van der Waals surface area contributed by atoms with Crippen LogP contribution < -0.4 is 10.9 Å². The summed E-state index contributed by atoms with van der Waals surface area (Å²) in [6.07, 6.45) is 6.61. The molecule has 0 aromatic rings. The van der Waals surface area contributed by atoms with Crippen LogP contribution in [0.3, 0.4) is 0 Å². The Morgan fingerprint density at radius 2 is 2.21 bits per heavy atom. The van der Waals surface area contributed by atoms with Gasteiger partial charge in [-0.15, -0.1) is 0 Å². The number of sulfonamides is 1. The summed E-state index contributed by atoms with van der Waals surface area (Å²) >= 11 is 0. The predicted molar refractivity (Wildman–Crippen MR) is 56.7 cm³/mol. The van der Waals surface area contributed by atoms with Crippen molar-refractivity contribution in [2.45, 2.75) is 19.8 Å². The summed E-state index contributed by atoms with van der Waals surface area (Å²) < 4.78 is 22.0. The van der Waals surface area contributed by atoms with Gasteiger partial charge in [-0.1, -0.05) is 19.1 Å². The first-order valence-corrected chi connectivity index (χ1v) is 6.04. The van der Waals surface area contributed by atoms with E-state index in [0.717, 1.165) is 6.42 Å². The molecule has 0 heterocycles. The largest absolute Gasteiger partial charge is 0.330 e. The van der Waals surface area contributed by atoms with Crippen LogP contribution in [0.15, 0.2) is 23.1 Å². The molecular weight excluding hydrogens is 200 g/mol. The van der Waals surface area contributed by atoms with Crippen molar-refractivity contribution >= 4 is 10.0 Å². The van der Waals surface area contributed by atoms with E-state index in [-0.39, 0.29) is 10.3 Å². The van der Waals surface area contributed by atoms with Gasteiger partial charge in [0.15, 0.2) is 0 Å². The Morgan fingerprint density at radius 1 is 1.57 bits per heavy atom. The van der Waals surface area contributed by atoms with Crippen LogP contribution in [0.5, 0.6) is 0 Å². The molecule has 0 saturated carbocycles. The van der Waals surface area contributed by atoms with Crippen molar-refractivity contribution in [2.75, 3.05) is 6.54 Å². The number of primary sulfonamides is 1. The van der Waals surface area contributed by atoms with Crippen LogP contribution in [-0.4, -0.2) is 15.0 Å². The molecule has 1 atom stereocenters. The Morgan fingerprint density at radius 3 is 2.57 bits per heavy atom. The molecule has 1 aliphatic rings. The van der Waals surface area contributed by atoms with E-state index in [9.17, 15) is 8.42 Å². The molecule has 0 aromatic carbocycles. The molecule has 80 valence electrons. The zero-order chi connectivity index (χ0) is 10.8. The van der Waals surface area contributed by atoms with Crippen LogP contribution >= 0.6 is 0 Å². The molecule has 4 nitrogen and oxygen atoms in total. The van der Waals surface area contributed by atoms with Crippen LogP contribution in [0.25, 0.3) is 0 Å². The monoisotopic (exact) mass is 216 g/mol. The normalized spacial score (nSPS) is 27.5. The Balaban J connectivity index is 2.81. The third-order valence-electron chi connectivity index (χ3n) is 2.46. The van der Waals surface area contributed by atoms with Crippen molar-refractivity contribution in [1.82, 2.24) is 0 Å². The molecule has 1 rings (SSSR count). The van der Waals surface area contributed by atoms with Gasteiger partial charge in [-0.3, -0.25) is 0 Å². The van der Waals surface area contributed by atoms with Crippen LogP contribution in [0.1, 0.15) is 19.8 Å². The van der Waals surface area contributed by atoms with E-state index in [1.807, 2.05) is 13.0 Å². The average Bonchev–Trinajstić information content (AvgIpc) is 2.03. The Kier molecular flexibility index (Phi) is 3.14. The summed E-state index contributed by atoms with van der Waals surface area (Å²) in [5.41, 5.74) is 5.44. The second kappa shape index (κ2) is 3.84. The number of hydrogen-bond acceptors (Lipinski definition) is 3. The van der Waals surface area contributed by atoms with Crippen molar-refractivity contribution in [1.29, 1.82) is 0 Å². The second-order valence-corrected chi connectivity index (χ2v) is 5.44. The average molecular weight is 216 g/mol. The Hall–Kier alpha value is -0.650. The lowest BCUT2D eigenvalue weighted by Crippen LogP contribution is -2.22. The predicted octanol–water partition coefficient (Wildman–Crippen LogP) is 0.474. The summed E-state index contributed by atoms with van der Waals surface area (Å²) in [5, 5.41) is 5.00. The smallest absolute Gasteiger partial charge is 0.237 e. The van der Waals surface area contributed by atoms with Crippen molar-refractivity contribution in [3.63, 3.8) is 0 Å². The van der Waals surface area contributed by atoms with Gasteiger partial charge in [0.1, 0.15) is 0 Å². The standard InChI is InChI=1S/C9H16N2O2S/c1-9(6-7-10)4-2-8(3-5-9)14(11,12)13/h2-4H,5-7,10H2,1H3,(H2,11,12,13). The van der Waals surface area contributed by atoms with Crippen molar-refractivity contribution in [2.24, 2.45) is 16.3 Å². The minimum absolute atomic E-state index is 0.0249. The van der Waals surface area contributed by atoms with Gasteiger partial charge < -0.3 is 5.73 Å². The molecular formula is C9H16N2O2S. The van der Waals surface area contributed by atoms with Gasteiger partial charge in [0.2, 0.25) is 10.0 Å². The van der Waals surface area contributed by atoms with E-state index >= 15 is 0 Å². The third-order valence-corrected chi connectivity index (χ3v) is 3.42. The summed E-state index contributed by atoms with van der Waals surface area (Å²) in [6, 6.07) is 0. The molecule has 0 aliphatic heterocycles. The molecule has 0 amide bonds. The molecule has 5 heteroatoms. The van der Waals surface area contributed by atoms with Crippen molar-refractivity contribution < 1.29 is 8.42 Å². The Labute approximate surface area is 84.7 Å². The van der Waals surface area contributed by atoms with Gasteiger partial charge in [-0.05, 0) is 30.9 Å². The fraction of sp³-hybridized carbons (Fsp3) is 0.556. The number of hydrogen-bond donors (Lipinski definition) is 2. The summed E-state index contributed by atoms with van der Waals surface area (Å²) in [7, 11) is -3.55. The maximum atomic E-state index is 11.0. The number of nitrogens with two attached hydrogens (primary N) is 2. The zero-order valence-corrected chi connectivity index (χ0v) is 9.05. The van der Waals surface area contributed by atoms with Gasteiger partial charge in [0, 0.05) is 0 Å². The lowest BCUT2D eigenvalue weighted by atomic mass is 9.81. The van der Waals surface area contributed by atoms with E-state index in [1.165, 1.54) is 0 Å². The molecule has 0 fully saturated rings. The third kappa shape index (κ3) is 2.67. The second-order valence-electron chi connectivity index (χ2n) is 3.88. The van der Waals surface area contributed by atoms with Crippen LogP contribution in [0, 0.1) is 5.41 Å². The summed E-state index contributed by atoms with van der Waals surface area (Å²) in [5.74, 6) is 0. The minimum Gasteiger partial charge on any atom is -0.330 e. The molecule has 0 bridgehead atoms. The van der Waals surface area contributed by atoms with Crippen molar-refractivity contribution in [3.8, 4) is 0 Å². The van der Waals surface area contributed by atoms with Gasteiger partial charge in [-0.25, -0.2) is 13.6 Å². The maximum absolute atomic E-state index is 11.0. The zero-order valence-electron chi connectivity index (χ0n) is 8.23. The van der Waals surface area contributed by atoms with Gasteiger partial charge in [0.25, 0.3) is 0 Å². The highest BCUT2D eigenvalue weighted by atomic mass is 32.2. The lowest BCUT2D eigenvalue weighted by Gasteiger charge is -2.26. The van der Waals surface area contributed by atoms with E-state index in [0.29, 0.717) is 13.0 Å². The molecule has 1 aliphatic carbocycles. The lowest BCUT2D eigenvalue weighted by molar-refractivity contribution is 0.399. The molecule has 4 N–H and O–H groups in total. The molecule has 14 heavy (non-hydrogen) atoms. The molecule has 1 unspecified atom stereocenters. The summed E-state index contributed by atoms with van der Waals surface area (Å²) in [6.45, 7) is 2.65. The molecule has 0 aromatic heterocycles. The minimum atomic E-state index is -3.55. The van der Waals surface area contributed by atoms with Crippen LogP contribution in [-0.2, 0) is 10.0 Å². The number of rotatable bonds is 3. The topological polar surface area (TPSA) is 86.2 Å². The number of allylic oxidation sites excluding steroid dienone is 3. The van der Waals surface area contributed by atoms with Crippen LogP contribution in [0.4, 0.5) is 0 Å². The molecule has 0 spiro atoms.